The molecule has 4 nitrogen and oxygen atoms in total. The normalized spacial score (nSPS) is 10.8. The van der Waals surface area contributed by atoms with Gasteiger partial charge in [-0.3, -0.25) is 0 Å². The minimum absolute atomic E-state index is 0.635. The molecule has 0 saturated carbocycles. The lowest BCUT2D eigenvalue weighted by molar-refractivity contribution is 0.302. The number of nitrogens with zero attached hydrogens (tertiary/aromatic N) is 2. The zero-order valence-electron chi connectivity index (χ0n) is 14.9. The molecule has 0 amide bonds. The van der Waals surface area contributed by atoms with Gasteiger partial charge in [0.05, 0.1) is 24.3 Å². The highest BCUT2D eigenvalue weighted by atomic mass is 16.5. The number of para-hydroxylation sites is 1. The fourth-order valence-electron chi connectivity index (χ4n) is 3.00. The van der Waals surface area contributed by atoms with Gasteiger partial charge >= 0.3 is 0 Å². The first-order valence-corrected chi connectivity index (χ1v) is 8.78. The van der Waals surface area contributed by atoms with Crippen molar-refractivity contribution in [2.45, 2.75) is 33.2 Å². The summed E-state index contributed by atoms with van der Waals surface area (Å²) in [7, 11) is 0. The average molecular weight is 335 g/mol. The van der Waals surface area contributed by atoms with Crippen LogP contribution in [-0.2, 0) is 13.0 Å². The number of hydrogen-bond acceptors (Lipinski definition) is 3. The number of rotatable bonds is 7. The number of benzene rings is 2. The zero-order chi connectivity index (χ0) is 17.6. The molecule has 3 rings (SSSR count). The van der Waals surface area contributed by atoms with Crippen LogP contribution in [0.5, 0.6) is 5.75 Å². The van der Waals surface area contributed by atoms with E-state index in [1.54, 1.807) is 0 Å². The first-order chi connectivity index (χ1) is 12.2. The summed E-state index contributed by atoms with van der Waals surface area (Å²) < 4.78 is 8.07. The number of ether oxygens (including phenoxy) is 1. The van der Waals surface area contributed by atoms with Crippen LogP contribution in [0.2, 0.25) is 0 Å². The molecule has 4 heteroatoms. The zero-order valence-corrected chi connectivity index (χ0v) is 14.9. The SMILES string of the molecule is CCc1c(-c2ccccc2)ncn1CCCOc1cccc(C)c1N. The third kappa shape index (κ3) is 3.85. The summed E-state index contributed by atoms with van der Waals surface area (Å²) >= 11 is 0. The van der Waals surface area contributed by atoms with Gasteiger partial charge in [-0.2, -0.15) is 0 Å². The Kier molecular flexibility index (Phi) is 5.39. The highest BCUT2D eigenvalue weighted by molar-refractivity contribution is 5.61. The van der Waals surface area contributed by atoms with E-state index in [9.17, 15) is 0 Å². The van der Waals surface area contributed by atoms with Gasteiger partial charge in [-0.15, -0.1) is 0 Å². The number of aryl methyl sites for hydroxylation is 2. The van der Waals surface area contributed by atoms with E-state index in [1.165, 1.54) is 11.3 Å². The molecule has 0 saturated heterocycles. The molecular weight excluding hydrogens is 310 g/mol. The Morgan fingerprint density at radius 2 is 1.88 bits per heavy atom. The Labute approximate surface area is 149 Å². The van der Waals surface area contributed by atoms with Crippen LogP contribution >= 0.6 is 0 Å². The summed E-state index contributed by atoms with van der Waals surface area (Å²) in [5.41, 5.74) is 11.3. The smallest absolute Gasteiger partial charge is 0.142 e. The molecule has 2 aromatic carbocycles. The number of imidazole rings is 1. The van der Waals surface area contributed by atoms with Gasteiger partial charge in [0.25, 0.3) is 0 Å². The van der Waals surface area contributed by atoms with Crippen molar-refractivity contribution in [3.8, 4) is 17.0 Å². The molecule has 1 heterocycles. The topological polar surface area (TPSA) is 53.1 Å². The van der Waals surface area contributed by atoms with Gasteiger partial charge in [-0.1, -0.05) is 49.4 Å². The number of hydrogen-bond donors (Lipinski definition) is 1. The Morgan fingerprint density at radius 1 is 1.08 bits per heavy atom. The number of anilines is 1. The van der Waals surface area contributed by atoms with Crippen molar-refractivity contribution in [3.63, 3.8) is 0 Å². The van der Waals surface area contributed by atoms with Crippen LogP contribution in [0.1, 0.15) is 24.6 Å². The van der Waals surface area contributed by atoms with Crippen molar-refractivity contribution < 1.29 is 4.74 Å². The summed E-state index contributed by atoms with van der Waals surface area (Å²) in [5.74, 6) is 0.770. The fourth-order valence-corrected chi connectivity index (χ4v) is 3.00. The van der Waals surface area contributed by atoms with Crippen molar-refractivity contribution >= 4 is 5.69 Å². The molecule has 0 aliphatic carbocycles. The van der Waals surface area contributed by atoms with Gasteiger partial charge < -0.3 is 15.0 Å². The summed E-state index contributed by atoms with van der Waals surface area (Å²) in [4.78, 5) is 4.62. The molecule has 25 heavy (non-hydrogen) atoms. The lowest BCUT2D eigenvalue weighted by atomic mass is 10.1. The van der Waals surface area contributed by atoms with Crippen molar-refractivity contribution in [1.82, 2.24) is 9.55 Å². The van der Waals surface area contributed by atoms with Crippen LogP contribution in [0.4, 0.5) is 5.69 Å². The second kappa shape index (κ2) is 7.88. The van der Waals surface area contributed by atoms with Crippen LogP contribution in [0, 0.1) is 6.92 Å². The first-order valence-electron chi connectivity index (χ1n) is 8.78. The van der Waals surface area contributed by atoms with E-state index in [2.05, 4.69) is 28.6 Å². The molecule has 0 atom stereocenters. The van der Waals surface area contributed by atoms with E-state index in [1.807, 2.05) is 49.6 Å². The van der Waals surface area contributed by atoms with E-state index < -0.39 is 0 Å². The highest BCUT2D eigenvalue weighted by Crippen LogP contribution is 2.25. The Bertz CT molecular complexity index is 824. The Hall–Kier alpha value is -2.75. The maximum Gasteiger partial charge on any atom is 0.142 e. The molecule has 0 unspecified atom stereocenters. The molecule has 0 bridgehead atoms. The maximum atomic E-state index is 6.05. The van der Waals surface area contributed by atoms with Gasteiger partial charge in [-0.05, 0) is 31.4 Å². The predicted octanol–water partition coefficient (Wildman–Crippen LogP) is 4.47. The van der Waals surface area contributed by atoms with Crippen molar-refractivity contribution in [2.24, 2.45) is 0 Å². The molecule has 0 fully saturated rings. The van der Waals surface area contributed by atoms with Crippen molar-refractivity contribution in [3.05, 3.63) is 66.1 Å². The molecule has 0 spiro atoms. The number of aromatic nitrogens is 2. The molecule has 2 N–H and O–H groups in total. The molecule has 0 aliphatic rings. The summed E-state index contributed by atoms with van der Waals surface area (Å²) in [6.07, 6.45) is 3.79. The predicted molar refractivity (Wildman–Crippen MR) is 103 cm³/mol. The Balaban J connectivity index is 1.62. The van der Waals surface area contributed by atoms with Crippen LogP contribution in [0.3, 0.4) is 0 Å². The van der Waals surface area contributed by atoms with E-state index in [0.29, 0.717) is 6.61 Å². The Morgan fingerprint density at radius 3 is 2.64 bits per heavy atom. The van der Waals surface area contributed by atoms with Crippen LogP contribution in [-0.4, -0.2) is 16.2 Å². The number of nitrogen functional groups attached to an aromatic ring is 1. The van der Waals surface area contributed by atoms with Gasteiger partial charge in [0.15, 0.2) is 0 Å². The van der Waals surface area contributed by atoms with E-state index >= 15 is 0 Å². The minimum atomic E-state index is 0.635. The molecule has 1 aromatic heterocycles. The minimum Gasteiger partial charge on any atom is -0.491 e. The fraction of sp³-hybridized carbons (Fsp3) is 0.286. The number of nitrogens with two attached hydrogens (primary N) is 1. The third-order valence-corrected chi connectivity index (χ3v) is 4.41. The summed E-state index contributed by atoms with van der Waals surface area (Å²) in [6, 6.07) is 16.2. The van der Waals surface area contributed by atoms with Crippen LogP contribution in [0.25, 0.3) is 11.3 Å². The van der Waals surface area contributed by atoms with Crippen molar-refractivity contribution in [1.29, 1.82) is 0 Å². The largest absolute Gasteiger partial charge is 0.491 e. The van der Waals surface area contributed by atoms with E-state index in [0.717, 1.165) is 42.1 Å². The maximum absolute atomic E-state index is 6.05. The van der Waals surface area contributed by atoms with Crippen LogP contribution < -0.4 is 10.5 Å². The lowest BCUT2D eigenvalue weighted by Crippen LogP contribution is -2.07. The summed E-state index contributed by atoms with van der Waals surface area (Å²) in [5, 5.41) is 0. The molecule has 3 aromatic rings. The third-order valence-electron chi connectivity index (χ3n) is 4.41. The van der Waals surface area contributed by atoms with Gasteiger partial charge in [0.1, 0.15) is 5.75 Å². The van der Waals surface area contributed by atoms with Crippen LogP contribution in [0.15, 0.2) is 54.9 Å². The molecule has 0 aliphatic heterocycles. The average Bonchev–Trinajstić information content (AvgIpc) is 3.05. The highest BCUT2D eigenvalue weighted by Gasteiger charge is 2.11. The van der Waals surface area contributed by atoms with Gasteiger partial charge in [0.2, 0.25) is 0 Å². The van der Waals surface area contributed by atoms with Gasteiger partial charge in [-0.25, -0.2) is 4.98 Å². The van der Waals surface area contributed by atoms with Gasteiger partial charge in [0, 0.05) is 17.8 Å². The lowest BCUT2D eigenvalue weighted by Gasteiger charge is -2.12. The van der Waals surface area contributed by atoms with E-state index in [4.69, 9.17) is 10.5 Å². The standard InChI is InChI=1S/C21H25N3O/c1-3-18-21(17-10-5-4-6-11-17)23-15-24(18)13-8-14-25-19-12-7-9-16(2)20(19)22/h4-7,9-12,15H,3,8,13-14,22H2,1-2H3. The van der Waals surface area contributed by atoms with E-state index in [-0.39, 0.29) is 0 Å². The first kappa shape index (κ1) is 17.1. The quantitative estimate of drug-likeness (QED) is 0.512. The second-order valence-electron chi connectivity index (χ2n) is 6.14. The van der Waals surface area contributed by atoms with Crippen molar-refractivity contribution in [2.75, 3.05) is 12.3 Å². The molecular formula is C21H25N3O. The summed E-state index contributed by atoms with van der Waals surface area (Å²) in [6.45, 7) is 5.68. The monoisotopic (exact) mass is 335 g/mol. The second-order valence-corrected chi connectivity index (χ2v) is 6.14. The molecule has 0 radical (unpaired) electrons. The molecule has 130 valence electrons.